The van der Waals surface area contributed by atoms with Gasteiger partial charge in [-0.15, -0.1) is 0 Å². The highest BCUT2D eigenvalue weighted by Gasteiger charge is 2.31. The second kappa shape index (κ2) is 86.0. The molecule has 0 aliphatic carbocycles. The molecule has 0 radical (unpaired) electrons. The van der Waals surface area contributed by atoms with Crippen LogP contribution >= 0.6 is 15.6 Å². The van der Waals surface area contributed by atoms with Gasteiger partial charge in [-0.25, -0.2) is 9.13 Å². The highest BCUT2D eigenvalue weighted by molar-refractivity contribution is 7.47. The number of aliphatic hydroxyl groups is 1. The molecule has 0 aromatic rings. The molecule has 0 amide bonds. The van der Waals surface area contributed by atoms with Crippen molar-refractivity contribution in [3.05, 3.63) is 0 Å². The molecule has 678 valence electrons. The van der Waals surface area contributed by atoms with Gasteiger partial charge in [0.2, 0.25) is 0 Å². The van der Waals surface area contributed by atoms with E-state index in [1.54, 1.807) is 0 Å². The lowest BCUT2D eigenvalue weighted by atomic mass is 10.0. The third-order valence-electron chi connectivity index (χ3n) is 22.5. The molecule has 0 saturated heterocycles. The van der Waals surface area contributed by atoms with Crippen LogP contribution in [0.1, 0.15) is 517 Å². The molecule has 0 aromatic carbocycles. The van der Waals surface area contributed by atoms with Crippen LogP contribution in [0.4, 0.5) is 0 Å². The van der Waals surface area contributed by atoms with E-state index in [9.17, 15) is 43.2 Å². The molecule has 0 aliphatic rings. The van der Waals surface area contributed by atoms with Crippen molar-refractivity contribution >= 4 is 39.5 Å². The molecule has 19 heteroatoms. The SMILES string of the molecule is CCCCCCCCCCCCCCCCCCCCCCCCC(=O)O[C@H](COC(=O)CCCCCCCCCCCCCCCCCCCCC(C)C)COP(=O)(O)OC[C@@H](O)COP(=O)(O)OC[C@@H](COC(=O)CCCCCCCCCCCCCC)OC(=O)CCCCCCCCCCCCCCCCCCC(C)C. The summed E-state index contributed by atoms with van der Waals surface area (Å²) in [6.45, 7) is 9.79. The Morgan fingerprint density at radius 2 is 0.404 bits per heavy atom. The van der Waals surface area contributed by atoms with Crippen molar-refractivity contribution in [3.63, 3.8) is 0 Å². The molecule has 0 bridgehead atoms. The van der Waals surface area contributed by atoms with Crippen molar-refractivity contribution in [1.82, 2.24) is 0 Å². The number of hydrogen-bond acceptors (Lipinski definition) is 15. The van der Waals surface area contributed by atoms with E-state index in [1.165, 1.54) is 334 Å². The molecule has 0 saturated carbocycles. The fourth-order valence-corrected chi connectivity index (χ4v) is 16.6. The van der Waals surface area contributed by atoms with Crippen LogP contribution in [0.15, 0.2) is 0 Å². The predicted octanol–water partition coefficient (Wildman–Crippen LogP) is 29.7. The van der Waals surface area contributed by atoms with Gasteiger partial charge in [0.25, 0.3) is 0 Å². The first-order valence-electron chi connectivity index (χ1n) is 49.0. The number of carbonyl (C=O) groups is 4. The number of aliphatic hydroxyl groups excluding tert-OH is 1. The maximum atomic E-state index is 13.2. The van der Waals surface area contributed by atoms with E-state index in [1.807, 2.05) is 0 Å². The summed E-state index contributed by atoms with van der Waals surface area (Å²) in [5.41, 5.74) is 0. The molecule has 17 nitrogen and oxygen atoms in total. The number of ether oxygens (including phenoxy) is 4. The molecule has 114 heavy (non-hydrogen) atoms. The monoisotopic (exact) mass is 1660 g/mol. The number of carbonyl (C=O) groups excluding carboxylic acids is 4. The minimum atomic E-state index is -4.97. The van der Waals surface area contributed by atoms with E-state index < -0.39 is 97.5 Å². The van der Waals surface area contributed by atoms with Crippen molar-refractivity contribution in [2.45, 2.75) is 535 Å². The smallest absolute Gasteiger partial charge is 0.462 e. The van der Waals surface area contributed by atoms with Crippen LogP contribution in [0.25, 0.3) is 0 Å². The van der Waals surface area contributed by atoms with Crippen molar-refractivity contribution in [2.24, 2.45) is 11.8 Å². The number of unbranched alkanes of at least 4 members (excludes halogenated alkanes) is 64. The average molecular weight is 1660 g/mol. The van der Waals surface area contributed by atoms with Crippen LogP contribution in [0, 0.1) is 11.8 Å². The van der Waals surface area contributed by atoms with Crippen molar-refractivity contribution in [2.75, 3.05) is 39.6 Å². The number of hydrogen-bond donors (Lipinski definition) is 3. The normalized spacial score (nSPS) is 13.7. The Balaban J connectivity index is 5.24. The van der Waals surface area contributed by atoms with Gasteiger partial charge in [0, 0.05) is 25.7 Å². The van der Waals surface area contributed by atoms with Crippen molar-refractivity contribution in [1.29, 1.82) is 0 Å². The van der Waals surface area contributed by atoms with Gasteiger partial charge in [-0.05, 0) is 37.5 Å². The van der Waals surface area contributed by atoms with E-state index in [-0.39, 0.29) is 25.7 Å². The minimum absolute atomic E-state index is 0.109. The Kier molecular flexibility index (Phi) is 84.6. The highest BCUT2D eigenvalue weighted by atomic mass is 31.2. The number of phosphoric ester groups is 2. The van der Waals surface area contributed by atoms with E-state index in [0.29, 0.717) is 25.7 Å². The van der Waals surface area contributed by atoms with Crippen LogP contribution < -0.4 is 0 Å². The number of phosphoric acid groups is 2. The van der Waals surface area contributed by atoms with E-state index in [4.69, 9.17) is 37.0 Å². The van der Waals surface area contributed by atoms with Gasteiger partial charge >= 0.3 is 39.5 Å². The lowest BCUT2D eigenvalue weighted by Gasteiger charge is -2.21. The zero-order valence-electron chi connectivity index (χ0n) is 75.4. The molecule has 5 atom stereocenters. The van der Waals surface area contributed by atoms with Gasteiger partial charge < -0.3 is 33.8 Å². The van der Waals surface area contributed by atoms with Gasteiger partial charge in [-0.2, -0.15) is 0 Å². The van der Waals surface area contributed by atoms with Crippen LogP contribution in [-0.4, -0.2) is 96.7 Å². The van der Waals surface area contributed by atoms with Gasteiger partial charge in [0.1, 0.15) is 19.3 Å². The maximum Gasteiger partial charge on any atom is 0.472 e. The second-order valence-electron chi connectivity index (χ2n) is 35.1. The Labute approximate surface area is 702 Å². The number of esters is 4. The summed E-state index contributed by atoms with van der Waals surface area (Å²) in [7, 11) is -9.94. The number of rotatable bonds is 94. The van der Waals surface area contributed by atoms with Crippen LogP contribution in [0.2, 0.25) is 0 Å². The van der Waals surface area contributed by atoms with E-state index in [0.717, 1.165) is 102 Å². The molecule has 0 fully saturated rings. The van der Waals surface area contributed by atoms with Gasteiger partial charge in [-0.1, -0.05) is 465 Å². The van der Waals surface area contributed by atoms with Gasteiger partial charge in [0.15, 0.2) is 12.2 Å². The lowest BCUT2D eigenvalue weighted by Crippen LogP contribution is -2.30. The molecular formula is C95H186O17P2. The zero-order valence-corrected chi connectivity index (χ0v) is 77.2. The molecule has 3 N–H and O–H groups in total. The van der Waals surface area contributed by atoms with E-state index in [2.05, 4.69) is 41.5 Å². The minimum Gasteiger partial charge on any atom is -0.462 e. The average Bonchev–Trinajstić information content (AvgIpc) is 0.898. The summed E-state index contributed by atoms with van der Waals surface area (Å²) in [6, 6.07) is 0. The molecule has 0 aliphatic heterocycles. The molecule has 0 aromatic heterocycles. The predicted molar refractivity (Wildman–Crippen MR) is 474 cm³/mol. The van der Waals surface area contributed by atoms with Crippen LogP contribution in [-0.2, 0) is 65.4 Å². The summed E-state index contributed by atoms with van der Waals surface area (Å²) < 4.78 is 69.2. The lowest BCUT2D eigenvalue weighted by molar-refractivity contribution is -0.161. The second-order valence-corrected chi connectivity index (χ2v) is 38.0. The molecular weight excluding hydrogens is 1470 g/mol. The van der Waals surface area contributed by atoms with Crippen molar-refractivity contribution < 1.29 is 80.2 Å². The molecule has 0 spiro atoms. The third kappa shape index (κ3) is 87.9. The van der Waals surface area contributed by atoms with Gasteiger partial charge in [-0.3, -0.25) is 37.3 Å². The standard InChI is InChI=1S/C95H186O17P2/c1-7-9-11-13-15-17-19-21-22-23-24-25-26-27-32-38-43-49-55-61-67-73-79-94(99)112-91(84-106-93(98)78-72-66-60-54-48-42-37-31-29-28-30-35-40-45-51-57-63-69-75-87(3)4)86-110-114(103,104)108-82-89(96)81-107-113(101,102)109-85-90(83-105-92(97)77-71-65-59-53-47-20-18-16-14-12-10-8-2)111-95(100)80-74-68-62-56-50-44-39-34-33-36-41-46-52-58-64-70-76-88(5)6/h87-91,96H,7-86H2,1-6H3,(H,101,102)(H,103,104)/t89-,90+,91+/m0/s1. The summed E-state index contributed by atoms with van der Waals surface area (Å²) >= 11 is 0. The Bertz CT molecular complexity index is 2170. The first kappa shape index (κ1) is 112. The van der Waals surface area contributed by atoms with E-state index >= 15 is 0 Å². The fraction of sp³-hybridized carbons (Fsp3) is 0.958. The van der Waals surface area contributed by atoms with Crippen LogP contribution in [0.3, 0.4) is 0 Å². The topological polar surface area (TPSA) is 237 Å². The largest absolute Gasteiger partial charge is 0.472 e. The summed E-state index contributed by atoms with van der Waals surface area (Å²) in [6.07, 6.45) is 82.1. The molecule has 2 unspecified atom stereocenters. The Hall–Kier alpha value is -1.94. The fourth-order valence-electron chi connectivity index (χ4n) is 15.0. The summed E-state index contributed by atoms with van der Waals surface area (Å²) in [4.78, 5) is 73.6. The van der Waals surface area contributed by atoms with Crippen molar-refractivity contribution in [3.8, 4) is 0 Å². The Morgan fingerprint density at radius 3 is 0.596 bits per heavy atom. The first-order chi connectivity index (χ1) is 55.4. The maximum absolute atomic E-state index is 13.2. The molecule has 0 heterocycles. The first-order valence-corrected chi connectivity index (χ1v) is 52.0. The van der Waals surface area contributed by atoms with Crippen LogP contribution in [0.5, 0.6) is 0 Å². The Morgan fingerprint density at radius 1 is 0.237 bits per heavy atom. The quantitative estimate of drug-likeness (QED) is 0.0222. The summed E-state index contributed by atoms with van der Waals surface area (Å²) in [5.74, 6) is -0.458. The molecule has 0 rings (SSSR count). The highest BCUT2D eigenvalue weighted by Crippen LogP contribution is 2.45. The van der Waals surface area contributed by atoms with Gasteiger partial charge in [0.05, 0.1) is 26.4 Å². The summed E-state index contributed by atoms with van der Waals surface area (Å²) in [5, 5.41) is 10.7. The zero-order chi connectivity index (χ0) is 83.4. The third-order valence-corrected chi connectivity index (χ3v) is 24.4.